The molecule has 0 aromatic heterocycles. The van der Waals surface area contributed by atoms with Crippen LogP contribution in [0.15, 0.2) is 18.2 Å². The third-order valence-electron chi connectivity index (χ3n) is 2.66. The monoisotopic (exact) mass is 246 g/mol. The first-order chi connectivity index (χ1) is 7.79. The van der Waals surface area contributed by atoms with Gasteiger partial charge >= 0.3 is 6.18 Å². The van der Waals surface area contributed by atoms with Gasteiger partial charge in [-0.3, -0.25) is 0 Å². The number of nitrogens with one attached hydrogen (secondary N) is 1. The molecule has 1 atom stereocenters. The summed E-state index contributed by atoms with van der Waals surface area (Å²) in [7, 11) is 0. The van der Waals surface area contributed by atoms with Crippen molar-refractivity contribution in [3.63, 3.8) is 0 Å². The molecule has 0 amide bonds. The molecule has 0 spiro atoms. The van der Waals surface area contributed by atoms with Gasteiger partial charge in [-0.1, -0.05) is 12.1 Å². The minimum atomic E-state index is -4.17. The van der Waals surface area contributed by atoms with Crippen LogP contribution in [0.25, 0.3) is 0 Å². The van der Waals surface area contributed by atoms with Gasteiger partial charge < -0.3 is 11.1 Å². The van der Waals surface area contributed by atoms with Gasteiger partial charge in [-0.2, -0.15) is 13.2 Å². The van der Waals surface area contributed by atoms with E-state index < -0.39 is 12.7 Å². The molecule has 0 aliphatic carbocycles. The first kappa shape index (κ1) is 13.8. The molecular weight excluding hydrogens is 229 g/mol. The molecule has 0 radical (unpaired) electrons. The van der Waals surface area contributed by atoms with E-state index in [0.717, 1.165) is 11.1 Å². The Hall–Kier alpha value is -1.23. The highest BCUT2D eigenvalue weighted by molar-refractivity contribution is 5.50. The Labute approximate surface area is 99.0 Å². The quantitative estimate of drug-likeness (QED) is 0.801. The van der Waals surface area contributed by atoms with Crippen molar-refractivity contribution in [3.05, 3.63) is 29.3 Å². The van der Waals surface area contributed by atoms with Crippen LogP contribution in [0, 0.1) is 6.92 Å². The molecule has 1 rings (SSSR count). The maximum Gasteiger partial charge on any atom is 0.401 e. The summed E-state index contributed by atoms with van der Waals surface area (Å²) in [6, 6.07) is 5.25. The van der Waals surface area contributed by atoms with Crippen molar-refractivity contribution < 1.29 is 13.2 Å². The summed E-state index contributed by atoms with van der Waals surface area (Å²) in [6.45, 7) is 2.64. The predicted octanol–water partition coefficient (Wildman–Crippen LogP) is 2.66. The third kappa shape index (κ3) is 4.65. The molecule has 5 heteroatoms. The largest absolute Gasteiger partial charge is 0.401 e. The number of benzene rings is 1. The SMILES string of the molecule is Cc1c(N)cccc1CC(C)NCC(F)(F)F. The van der Waals surface area contributed by atoms with Crippen LogP contribution in [0.5, 0.6) is 0 Å². The van der Waals surface area contributed by atoms with E-state index in [1.807, 2.05) is 19.1 Å². The van der Waals surface area contributed by atoms with E-state index >= 15 is 0 Å². The average molecular weight is 246 g/mol. The second kappa shape index (κ2) is 5.40. The van der Waals surface area contributed by atoms with Crippen molar-refractivity contribution in [1.82, 2.24) is 5.32 Å². The lowest BCUT2D eigenvalue weighted by Crippen LogP contribution is -2.36. The minimum absolute atomic E-state index is 0.239. The fraction of sp³-hybridized carbons (Fsp3) is 0.500. The Bertz CT molecular complexity index is 375. The lowest BCUT2D eigenvalue weighted by Gasteiger charge is -2.17. The number of alkyl halides is 3. The lowest BCUT2D eigenvalue weighted by molar-refractivity contribution is -0.126. The Balaban J connectivity index is 2.56. The van der Waals surface area contributed by atoms with Crippen LogP contribution in [0.4, 0.5) is 18.9 Å². The third-order valence-corrected chi connectivity index (χ3v) is 2.66. The van der Waals surface area contributed by atoms with Gasteiger partial charge in [-0.15, -0.1) is 0 Å². The molecule has 0 fully saturated rings. The van der Waals surface area contributed by atoms with Crippen molar-refractivity contribution in [3.8, 4) is 0 Å². The van der Waals surface area contributed by atoms with E-state index in [4.69, 9.17) is 5.73 Å². The van der Waals surface area contributed by atoms with Gasteiger partial charge in [0.2, 0.25) is 0 Å². The van der Waals surface area contributed by atoms with E-state index in [2.05, 4.69) is 5.32 Å². The number of halogens is 3. The second-order valence-corrected chi connectivity index (χ2v) is 4.23. The summed E-state index contributed by atoms with van der Waals surface area (Å²) in [4.78, 5) is 0. The van der Waals surface area contributed by atoms with E-state index in [1.165, 1.54) is 0 Å². The van der Waals surface area contributed by atoms with E-state index in [-0.39, 0.29) is 6.04 Å². The van der Waals surface area contributed by atoms with Crippen LogP contribution in [-0.2, 0) is 6.42 Å². The maximum atomic E-state index is 12.0. The van der Waals surface area contributed by atoms with Gasteiger partial charge in [0.1, 0.15) is 0 Å². The first-order valence-corrected chi connectivity index (χ1v) is 5.43. The van der Waals surface area contributed by atoms with Crippen LogP contribution >= 0.6 is 0 Å². The summed E-state index contributed by atoms with van der Waals surface area (Å²) < 4.78 is 36.0. The summed E-state index contributed by atoms with van der Waals surface area (Å²) >= 11 is 0. The lowest BCUT2D eigenvalue weighted by atomic mass is 10.0. The van der Waals surface area contributed by atoms with Gasteiger partial charge in [-0.05, 0) is 37.5 Å². The fourth-order valence-electron chi connectivity index (χ4n) is 1.62. The molecule has 0 aliphatic heterocycles. The van der Waals surface area contributed by atoms with Crippen molar-refractivity contribution >= 4 is 5.69 Å². The highest BCUT2D eigenvalue weighted by Gasteiger charge is 2.27. The molecule has 0 heterocycles. The minimum Gasteiger partial charge on any atom is -0.399 e. The van der Waals surface area contributed by atoms with Gasteiger partial charge in [0.15, 0.2) is 0 Å². The van der Waals surface area contributed by atoms with E-state index in [0.29, 0.717) is 12.1 Å². The van der Waals surface area contributed by atoms with Gasteiger partial charge in [0.25, 0.3) is 0 Å². The normalized spacial score (nSPS) is 13.7. The highest BCUT2D eigenvalue weighted by atomic mass is 19.4. The number of hydrogen-bond donors (Lipinski definition) is 2. The Morgan fingerprint density at radius 3 is 2.59 bits per heavy atom. The highest BCUT2D eigenvalue weighted by Crippen LogP contribution is 2.18. The Morgan fingerprint density at radius 2 is 2.00 bits per heavy atom. The van der Waals surface area contributed by atoms with Crippen molar-refractivity contribution in [2.24, 2.45) is 0 Å². The van der Waals surface area contributed by atoms with E-state index in [9.17, 15) is 13.2 Å². The molecular formula is C12H17F3N2. The summed E-state index contributed by atoms with van der Waals surface area (Å²) in [5, 5.41) is 2.45. The second-order valence-electron chi connectivity index (χ2n) is 4.23. The van der Waals surface area contributed by atoms with Crippen molar-refractivity contribution in [2.75, 3.05) is 12.3 Å². The maximum absolute atomic E-state index is 12.0. The molecule has 0 saturated carbocycles. The van der Waals surface area contributed by atoms with Gasteiger partial charge in [0.05, 0.1) is 6.54 Å². The molecule has 2 nitrogen and oxygen atoms in total. The van der Waals surface area contributed by atoms with Crippen LogP contribution in [0.3, 0.4) is 0 Å². The first-order valence-electron chi connectivity index (χ1n) is 5.43. The number of rotatable bonds is 4. The average Bonchev–Trinajstić information content (AvgIpc) is 2.21. The molecule has 0 aliphatic rings. The fourth-order valence-corrected chi connectivity index (χ4v) is 1.62. The van der Waals surface area contributed by atoms with Crippen LogP contribution in [0.2, 0.25) is 0 Å². The molecule has 17 heavy (non-hydrogen) atoms. The van der Waals surface area contributed by atoms with Crippen LogP contribution < -0.4 is 11.1 Å². The number of nitrogens with two attached hydrogens (primary N) is 1. The van der Waals surface area contributed by atoms with Gasteiger partial charge in [-0.25, -0.2) is 0 Å². The molecule has 96 valence electrons. The molecule has 3 N–H and O–H groups in total. The molecule has 1 aromatic carbocycles. The smallest absolute Gasteiger partial charge is 0.399 e. The molecule has 1 unspecified atom stereocenters. The topological polar surface area (TPSA) is 38.0 Å². The zero-order valence-electron chi connectivity index (χ0n) is 9.93. The van der Waals surface area contributed by atoms with Crippen LogP contribution in [-0.4, -0.2) is 18.8 Å². The summed E-state index contributed by atoms with van der Waals surface area (Å²) in [6.07, 6.45) is -3.63. The van der Waals surface area contributed by atoms with E-state index in [1.54, 1.807) is 13.0 Å². The van der Waals surface area contributed by atoms with Gasteiger partial charge in [0, 0.05) is 11.7 Å². The van der Waals surface area contributed by atoms with Crippen molar-refractivity contribution in [1.29, 1.82) is 0 Å². The summed E-state index contributed by atoms with van der Waals surface area (Å²) in [5.41, 5.74) is 8.33. The molecule has 0 bridgehead atoms. The Kier molecular flexibility index (Phi) is 4.40. The summed E-state index contributed by atoms with van der Waals surface area (Å²) in [5.74, 6) is 0. The zero-order chi connectivity index (χ0) is 13.1. The number of nitrogen functional groups attached to an aromatic ring is 1. The number of anilines is 1. The number of hydrogen-bond acceptors (Lipinski definition) is 2. The Morgan fingerprint density at radius 1 is 1.35 bits per heavy atom. The molecule has 0 saturated heterocycles. The van der Waals surface area contributed by atoms with Crippen molar-refractivity contribution in [2.45, 2.75) is 32.5 Å². The predicted molar refractivity (Wildman–Crippen MR) is 62.8 cm³/mol. The zero-order valence-corrected chi connectivity index (χ0v) is 9.93. The standard InChI is InChI=1S/C12H17F3N2/c1-8(17-7-12(13,14)15)6-10-4-3-5-11(16)9(10)2/h3-5,8,17H,6-7,16H2,1-2H3. The van der Waals surface area contributed by atoms with Crippen LogP contribution in [0.1, 0.15) is 18.1 Å². The molecule has 1 aromatic rings.